The minimum Gasteiger partial charge on any atom is -0.852 e. The Morgan fingerprint density at radius 1 is 0.440 bits per heavy atom. The second-order valence-electron chi connectivity index (χ2n) is 6.85. The van der Waals surface area contributed by atoms with Crippen LogP contribution < -0.4 is 15.3 Å². The molecular formula is C21H45AlO3. The Labute approximate surface area is 169 Å². The molecule has 3 unspecified atom stereocenters. The maximum atomic E-state index is 10.7. The van der Waals surface area contributed by atoms with Gasteiger partial charge in [0.05, 0.1) is 0 Å². The zero-order chi connectivity index (χ0) is 19.7. The second-order valence-corrected chi connectivity index (χ2v) is 6.85. The smallest absolute Gasteiger partial charge is 0.852 e. The van der Waals surface area contributed by atoms with Crippen molar-refractivity contribution >= 4 is 17.4 Å². The van der Waals surface area contributed by atoms with Crippen LogP contribution in [0.2, 0.25) is 0 Å². The van der Waals surface area contributed by atoms with Crippen LogP contribution >= 0.6 is 0 Å². The van der Waals surface area contributed by atoms with Crippen LogP contribution in [-0.2, 0) is 0 Å². The van der Waals surface area contributed by atoms with Gasteiger partial charge in [-0.25, -0.2) is 0 Å². The van der Waals surface area contributed by atoms with Gasteiger partial charge in [0.2, 0.25) is 0 Å². The molecule has 0 radical (unpaired) electrons. The van der Waals surface area contributed by atoms with Crippen molar-refractivity contribution < 1.29 is 15.3 Å². The van der Waals surface area contributed by atoms with Crippen molar-refractivity contribution in [3.8, 4) is 0 Å². The van der Waals surface area contributed by atoms with Gasteiger partial charge in [0.15, 0.2) is 0 Å². The van der Waals surface area contributed by atoms with Gasteiger partial charge >= 0.3 is 17.4 Å². The van der Waals surface area contributed by atoms with E-state index in [1.807, 2.05) is 0 Å². The van der Waals surface area contributed by atoms with Crippen molar-refractivity contribution in [2.24, 2.45) is 17.8 Å². The molecule has 0 aliphatic heterocycles. The maximum Gasteiger partial charge on any atom is 3.00 e. The van der Waals surface area contributed by atoms with E-state index >= 15 is 0 Å². The van der Waals surface area contributed by atoms with Gasteiger partial charge in [0.25, 0.3) is 0 Å². The molecule has 3 nitrogen and oxygen atoms in total. The predicted octanol–water partition coefficient (Wildman–Crippen LogP) is 3.13. The molecule has 0 aliphatic rings. The third-order valence-corrected chi connectivity index (χ3v) is 5.14. The topological polar surface area (TPSA) is 69.2 Å². The molecule has 0 fully saturated rings. The summed E-state index contributed by atoms with van der Waals surface area (Å²) in [4.78, 5) is 0. The summed E-state index contributed by atoms with van der Waals surface area (Å²) in [6.45, 7) is 17.7. The SMILES string of the molecule is CCC(CC)C(C)[O-].CCC(CC)C(C)[O-].CCC(CC)C(C)[O-].[Al+3]. The standard InChI is InChI=1S/3C7H15O.Al/c3*1-4-7(5-2)6(3)8;/h3*6-7H,4-5H2,1-3H3;/q3*-1;+3. The fourth-order valence-electron chi connectivity index (χ4n) is 2.86. The zero-order valence-corrected chi connectivity index (χ0v) is 19.7. The van der Waals surface area contributed by atoms with Crippen molar-refractivity contribution in [1.29, 1.82) is 0 Å². The Bertz CT molecular complexity index is 183. The fourth-order valence-corrected chi connectivity index (χ4v) is 2.86. The van der Waals surface area contributed by atoms with Crippen LogP contribution in [0, 0.1) is 17.8 Å². The summed E-state index contributed by atoms with van der Waals surface area (Å²) < 4.78 is 0. The molecule has 0 saturated heterocycles. The first-order valence-electron chi connectivity index (χ1n) is 10.1. The van der Waals surface area contributed by atoms with E-state index in [9.17, 15) is 15.3 Å². The van der Waals surface area contributed by atoms with Crippen molar-refractivity contribution in [2.75, 3.05) is 0 Å². The van der Waals surface area contributed by atoms with Gasteiger partial charge in [-0.2, -0.15) is 0 Å². The molecule has 0 saturated carbocycles. The summed E-state index contributed by atoms with van der Waals surface area (Å²) in [7, 11) is 0. The maximum absolute atomic E-state index is 10.7. The molecule has 0 heterocycles. The van der Waals surface area contributed by atoms with E-state index in [1.54, 1.807) is 20.8 Å². The Morgan fingerprint density at radius 2 is 0.560 bits per heavy atom. The van der Waals surface area contributed by atoms with Crippen LogP contribution in [0.25, 0.3) is 0 Å². The van der Waals surface area contributed by atoms with Gasteiger partial charge < -0.3 is 15.3 Å². The van der Waals surface area contributed by atoms with Crippen molar-refractivity contribution in [3.63, 3.8) is 0 Å². The second kappa shape index (κ2) is 22.5. The van der Waals surface area contributed by atoms with Gasteiger partial charge in [-0.15, -0.1) is 18.3 Å². The van der Waals surface area contributed by atoms with E-state index in [0.717, 1.165) is 38.5 Å². The summed E-state index contributed by atoms with van der Waals surface area (Å²) >= 11 is 0. The Kier molecular flexibility index (Phi) is 29.7. The summed E-state index contributed by atoms with van der Waals surface area (Å²) in [6.07, 6.45) is 5.06. The molecule has 0 N–H and O–H groups in total. The van der Waals surface area contributed by atoms with Crippen LogP contribution in [0.1, 0.15) is 101 Å². The molecule has 150 valence electrons. The minimum absolute atomic E-state index is 0. The zero-order valence-electron chi connectivity index (χ0n) is 18.5. The molecule has 4 heteroatoms. The third kappa shape index (κ3) is 20.6. The van der Waals surface area contributed by atoms with E-state index in [4.69, 9.17) is 0 Å². The van der Waals surface area contributed by atoms with Crippen LogP contribution in [0.3, 0.4) is 0 Å². The van der Waals surface area contributed by atoms with E-state index in [1.165, 1.54) is 0 Å². The predicted molar refractivity (Wildman–Crippen MR) is 106 cm³/mol. The van der Waals surface area contributed by atoms with E-state index < -0.39 is 0 Å². The van der Waals surface area contributed by atoms with E-state index in [-0.39, 0.29) is 35.7 Å². The number of rotatable bonds is 9. The average molecular weight is 373 g/mol. The molecule has 3 atom stereocenters. The van der Waals surface area contributed by atoms with Gasteiger partial charge in [-0.1, -0.05) is 119 Å². The van der Waals surface area contributed by atoms with Gasteiger partial charge in [-0.05, 0) is 0 Å². The normalized spacial score (nSPS) is 14.0. The number of hydrogen-bond donors (Lipinski definition) is 0. The van der Waals surface area contributed by atoms with Crippen LogP contribution in [-0.4, -0.2) is 35.7 Å². The third-order valence-electron chi connectivity index (χ3n) is 5.14. The van der Waals surface area contributed by atoms with Crippen molar-refractivity contribution in [1.82, 2.24) is 0 Å². The Morgan fingerprint density at radius 3 is 0.560 bits per heavy atom. The molecule has 0 amide bonds. The van der Waals surface area contributed by atoms with Crippen molar-refractivity contribution in [3.05, 3.63) is 0 Å². The van der Waals surface area contributed by atoms with Gasteiger partial charge in [0, 0.05) is 0 Å². The fraction of sp³-hybridized carbons (Fsp3) is 1.00. The first-order chi connectivity index (χ1) is 11.2. The van der Waals surface area contributed by atoms with Crippen LogP contribution in [0.15, 0.2) is 0 Å². The molecule has 0 aliphatic carbocycles. The average Bonchev–Trinajstić information content (AvgIpc) is 2.51. The molecule has 0 bridgehead atoms. The van der Waals surface area contributed by atoms with Crippen molar-refractivity contribution in [2.45, 2.75) is 119 Å². The molecule has 0 aromatic heterocycles. The Balaban J connectivity index is -0.000000130. The van der Waals surface area contributed by atoms with Gasteiger partial charge in [0.1, 0.15) is 0 Å². The molecule has 0 rings (SSSR count). The molecule has 0 spiro atoms. The summed E-state index contributed by atoms with van der Waals surface area (Å²) in [5, 5.41) is 32.1. The number of hydrogen-bond acceptors (Lipinski definition) is 3. The summed E-state index contributed by atoms with van der Waals surface area (Å²) in [5.41, 5.74) is 0. The minimum atomic E-state index is -0.370. The summed E-state index contributed by atoms with van der Waals surface area (Å²) in [5.74, 6) is 1.19. The first-order valence-corrected chi connectivity index (χ1v) is 10.1. The van der Waals surface area contributed by atoms with Crippen LogP contribution in [0.4, 0.5) is 0 Å². The quantitative estimate of drug-likeness (QED) is 0.584. The largest absolute Gasteiger partial charge is 3.00 e. The summed E-state index contributed by atoms with van der Waals surface area (Å²) in [6, 6.07) is 0. The molecule has 0 aromatic carbocycles. The van der Waals surface area contributed by atoms with E-state index in [0.29, 0.717) is 17.8 Å². The van der Waals surface area contributed by atoms with E-state index in [2.05, 4.69) is 41.5 Å². The monoisotopic (exact) mass is 372 g/mol. The first kappa shape index (κ1) is 33.0. The molecular weight excluding hydrogens is 327 g/mol. The van der Waals surface area contributed by atoms with Crippen LogP contribution in [0.5, 0.6) is 0 Å². The van der Waals surface area contributed by atoms with Gasteiger partial charge in [-0.3, -0.25) is 0 Å². The molecule has 25 heavy (non-hydrogen) atoms. The Hall–Kier alpha value is 0.412. The molecule has 0 aromatic rings.